The highest BCUT2D eigenvalue weighted by Crippen LogP contribution is 1.99. The molecule has 2 N–H and O–H groups in total. The second kappa shape index (κ2) is 1.87. The monoisotopic (exact) mass is 114 g/mol. The first-order valence-electron chi connectivity index (χ1n) is 2.22. The number of aliphatic hydroxyl groups is 1. The molecule has 1 unspecified atom stereocenters. The Kier molecular flexibility index (Phi) is 1.21. The average Bonchev–Trinajstić information content (AvgIpc) is 2.12. The standard InChI is InChI=1S/C3H6N4O/c1-2(8)3-4-6-7-5-3/h2,8H,1H3,(H,4,5,6,7). The molecule has 0 aliphatic heterocycles. The molecule has 8 heavy (non-hydrogen) atoms. The summed E-state index contributed by atoms with van der Waals surface area (Å²) < 4.78 is 0. The Hall–Kier alpha value is -0.970. The number of nitrogens with one attached hydrogen (secondary N) is 1. The Bertz CT molecular complexity index is 146. The van der Waals surface area contributed by atoms with Gasteiger partial charge in [0.2, 0.25) is 5.82 Å². The molecule has 0 fully saturated rings. The third-order valence-electron chi connectivity index (χ3n) is 0.735. The lowest BCUT2D eigenvalue weighted by Crippen LogP contribution is -1.92. The summed E-state index contributed by atoms with van der Waals surface area (Å²) in [7, 11) is 0. The molecular weight excluding hydrogens is 108 g/mol. The van der Waals surface area contributed by atoms with Crippen LogP contribution in [0, 0.1) is 0 Å². The molecule has 0 amide bonds. The Morgan fingerprint density at radius 1 is 1.75 bits per heavy atom. The van der Waals surface area contributed by atoms with E-state index in [1.54, 1.807) is 6.92 Å². The van der Waals surface area contributed by atoms with E-state index < -0.39 is 6.10 Å². The van der Waals surface area contributed by atoms with E-state index in [0.717, 1.165) is 0 Å². The molecule has 1 heterocycles. The van der Waals surface area contributed by atoms with Crippen LogP contribution in [0.1, 0.15) is 18.9 Å². The van der Waals surface area contributed by atoms with Gasteiger partial charge in [0, 0.05) is 0 Å². The molecule has 0 aliphatic rings. The van der Waals surface area contributed by atoms with Crippen LogP contribution in [0.5, 0.6) is 0 Å². The van der Waals surface area contributed by atoms with Gasteiger partial charge < -0.3 is 5.11 Å². The van der Waals surface area contributed by atoms with Crippen molar-refractivity contribution in [2.45, 2.75) is 13.0 Å². The van der Waals surface area contributed by atoms with E-state index in [4.69, 9.17) is 5.11 Å². The van der Waals surface area contributed by atoms with Crippen molar-refractivity contribution in [1.82, 2.24) is 20.6 Å². The van der Waals surface area contributed by atoms with Gasteiger partial charge in [-0.15, -0.1) is 10.2 Å². The molecule has 1 rings (SSSR count). The van der Waals surface area contributed by atoms with E-state index in [1.165, 1.54) is 0 Å². The number of rotatable bonds is 1. The highest BCUT2D eigenvalue weighted by molar-refractivity contribution is 4.78. The fraction of sp³-hybridized carbons (Fsp3) is 0.667. The van der Waals surface area contributed by atoms with Crippen LogP contribution >= 0.6 is 0 Å². The van der Waals surface area contributed by atoms with Crippen molar-refractivity contribution < 1.29 is 5.11 Å². The summed E-state index contributed by atoms with van der Waals surface area (Å²) in [5.74, 6) is 0.324. The lowest BCUT2D eigenvalue weighted by Gasteiger charge is -1.90. The minimum Gasteiger partial charge on any atom is -0.385 e. The Labute approximate surface area is 45.7 Å². The molecule has 5 heteroatoms. The average molecular weight is 114 g/mol. The second-order valence-corrected chi connectivity index (χ2v) is 1.45. The van der Waals surface area contributed by atoms with Crippen LogP contribution in [0.2, 0.25) is 0 Å². The number of hydrogen-bond acceptors (Lipinski definition) is 4. The van der Waals surface area contributed by atoms with Gasteiger partial charge in [0.1, 0.15) is 6.10 Å². The van der Waals surface area contributed by atoms with Gasteiger partial charge in [-0.2, -0.15) is 5.21 Å². The van der Waals surface area contributed by atoms with Gasteiger partial charge in [-0.3, -0.25) is 0 Å². The first-order chi connectivity index (χ1) is 3.80. The molecule has 0 aliphatic carbocycles. The van der Waals surface area contributed by atoms with E-state index in [0.29, 0.717) is 5.82 Å². The second-order valence-electron chi connectivity index (χ2n) is 1.45. The zero-order chi connectivity index (χ0) is 5.98. The summed E-state index contributed by atoms with van der Waals surface area (Å²) in [5.41, 5.74) is 0. The molecule has 0 saturated carbocycles. The minimum atomic E-state index is -0.631. The predicted octanol–water partition coefficient (Wildman–Crippen LogP) is -0.747. The van der Waals surface area contributed by atoms with Crippen LogP contribution in [-0.2, 0) is 0 Å². The number of nitrogens with zero attached hydrogens (tertiary/aromatic N) is 3. The Morgan fingerprint density at radius 2 is 2.50 bits per heavy atom. The fourth-order valence-electron chi connectivity index (χ4n) is 0.347. The number of aromatic nitrogens is 4. The largest absolute Gasteiger partial charge is 0.385 e. The summed E-state index contributed by atoms with van der Waals surface area (Å²) in [6.07, 6.45) is -0.631. The van der Waals surface area contributed by atoms with Crippen molar-refractivity contribution in [3.8, 4) is 0 Å². The van der Waals surface area contributed by atoms with Crippen molar-refractivity contribution in [2.75, 3.05) is 0 Å². The highest BCUT2D eigenvalue weighted by atomic mass is 16.3. The normalized spacial score (nSPS) is 13.8. The van der Waals surface area contributed by atoms with E-state index in [1.807, 2.05) is 0 Å². The van der Waals surface area contributed by atoms with Crippen molar-refractivity contribution >= 4 is 0 Å². The van der Waals surface area contributed by atoms with E-state index >= 15 is 0 Å². The summed E-state index contributed by atoms with van der Waals surface area (Å²) in [4.78, 5) is 0. The van der Waals surface area contributed by atoms with Gasteiger partial charge in [0.05, 0.1) is 0 Å². The van der Waals surface area contributed by atoms with Crippen molar-refractivity contribution in [2.24, 2.45) is 0 Å². The van der Waals surface area contributed by atoms with Crippen LogP contribution in [0.4, 0.5) is 0 Å². The molecule has 0 bridgehead atoms. The summed E-state index contributed by atoms with van der Waals surface area (Å²) >= 11 is 0. The third kappa shape index (κ3) is 0.812. The van der Waals surface area contributed by atoms with Gasteiger partial charge in [0.25, 0.3) is 0 Å². The number of aliphatic hydroxyl groups excluding tert-OH is 1. The number of H-pyrrole nitrogens is 1. The van der Waals surface area contributed by atoms with Crippen molar-refractivity contribution in [3.05, 3.63) is 5.82 Å². The third-order valence-corrected chi connectivity index (χ3v) is 0.735. The molecule has 0 saturated heterocycles. The molecule has 1 atom stereocenters. The molecule has 0 radical (unpaired) electrons. The quantitative estimate of drug-likeness (QED) is 0.504. The van der Waals surface area contributed by atoms with Crippen LogP contribution in [0.15, 0.2) is 0 Å². The van der Waals surface area contributed by atoms with E-state index in [-0.39, 0.29) is 0 Å². The van der Waals surface area contributed by atoms with Gasteiger partial charge in [-0.1, -0.05) is 5.21 Å². The summed E-state index contributed by atoms with van der Waals surface area (Å²) in [6, 6.07) is 0. The molecule has 5 nitrogen and oxygen atoms in total. The van der Waals surface area contributed by atoms with Crippen molar-refractivity contribution in [1.29, 1.82) is 0 Å². The topological polar surface area (TPSA) is 74.7 Å². The molecule has 0 aromatic carbocycles. The Balaban J connectivity index is 2.77. The van der Waals surface area contributed by atoms with Crippen LogP contribution < -0.4 is 0 Å². The molecule has 44 valence electrons. The smallest absolute Gasteiger partial charge is 0.202 e. The minimum absolute atomic E-state index is 0.324. The van der Waals surface area contributed by atoms with Gasteiger partial charge >= 0.3 is 0 Å². The summed E-state index contributed by atoms with van der Waals surface area (Å²) in [6.45, 7) is 1.57. The Morgan fingerprint density at radius 3 is 2.75 bits per heavy atom. The predicted molar refractivity (Wildman–Crippen MR) is 24.8 cm³/mol. The zero-order valence-corrected chi connectivity index (χ0v) is 4.37. The lowest BCUT2D eigenvalue weighted by atomic mass is 10.4. The molecular formula is C3H6N4O. The summed E-state index contributed by atoms with van der Waals surface area (Å²) in [5, 5.41) is 21.2. The fourth-order valence-corrected chi connectivity index (χ4v) is 0.347. The molecule has 0 spiro atoms. The van der Waals surface area contributed by atoms with Crippen molar-refractivity contribution in [3.63, 3.8) is 0 Å². The maximum Gasteiger partial charge on any atom is 0.202 e. The maximum absolute atomic E-state index is 8.73. The van der Waals surface area contributed by atoms with Crippen LogP contribution in [0.25, 0.3) is 0 Å². The first kappa shape index (κ1) is 5.17. The molecule has 1 aromatic heterocycles. The molecule has 1 aromatic rings. The highest BCUT2D eigenvalue weighted by Gasteiger charge is 2.02. The number of tetrazole rings is 1. The lowest BCUT2D eigenvalue weighted by molar-refractivity contribution is 0.189. The van der Waals surface area contributed by atoms with E-state index in [9.17, 15) is 0 Å². The number of hydrogen-bond donors (Lipinski definition) is 2. The van der Waals surface area contributed by atoms with E-state index in [2.05, 4.69) is 20.6 Å². The first-order valence-corrected chi connectivity index (χ1v) is 2.22. The van der Waals surface area contributed by atoms with Gasteiger partial charge in [0.15, 0.2) is 0 Å². The SMILES string of the molecule is CC(O)c1nn[nH]n1. The van der Waals surface area contributed by atoms with Gasteiger partial charge in [-0.05, 0) is 6.92 Å². The number of aromatic amines is 1. The zero-order valence-electron chi connectivity index (χ0n) is 4.37. The van der Waals surface area contributed by atoms with Gasteiger partial charge in [-0.25, -0.2) is 0 Å². The van der Waals surface area contributed by atoms with Crippen LogP contribution in [0.3, 0.4) is 0 Å². The maximum atomic E-state index is 8.73. The van der Waals surface area contributed by atoms with Crippen LogP contribution in [-0.4, -0.2) is 25.7 Å².